The largest absolute Gasteiger partial charge is 0.497 e. The van der Waals surface area contributed by atoms with E-state index in [0.717, 1.165) is 29.7 Å². The number of benzene rings is 2. The van der Waals surface area contributed by atoms with E-state index in [1.807, 2.05) is 24.3 Å². The summed E-state index contributed by atoms with van der Waals surface area (Å²) in [4.78, 5) is 10.4. The highest BCUT2D eigenvalue weighted by atomic mass is 16.6. The molecule has 4 nitrogen and oxygen atoms in total. The molecule has 2 aromatic carbocycles. The summed E-state index contributed by atoms with van der Waals surface area (Å²) in [5.41, 5.74) is 4.78. The molecule has 0 bridgehead atoms. The number of allylic oxidation sites excluding steroid dienone is 2. The molecule has 0 aromatic heterocycles. The van der Waals surface area contributed by atoms with Gasteiger partial charge in [-0.15, -0.1) is 0 Å². The second kappa shape index (κ2) is 7.58. The number of ether oxygens (including phenoxy) is 1. The summed E-state index contributed by atoms with van der Waals surface area (Å²) in [6.07, 6.45) is 1.76. The topological polar surface area (TPSA) is 52.4 Å². The van der Waals surface area contributed by atoms with Gasteiger partial charge in [0.15, 0.2) is 0 Å². The van der Waals surface area contributed by atoms with E-state index in [4.69, 9.17) is 4.74 Å². The zero-order valence-corrected chi connectivity index (χ0v) is 13.7. The fourth-order valence-corrected chi connectivity index (χ4v) is 2.76. The molecule has 2 rings (SSSR count). The summed E-state index contributed by atoms with van der Waals surface area (Å²) < 4.78 is 5.21. The quantitative estimate of drug-likeness (QED) is 0.411. The summed E-state index contributed by atoms with van der Waals surface area (Å²) in [6.45, 7) is 4.23. The molecule has 0 atom stereocenters. The lowest BCUT2D eigenvalue weighted by Crippen LogP contribution is -1.93. The molecule has 0 radical (unpaired) electrons. The Labute approximate surface area is 136 Å². The molecule has 0 fully saturated rings. The van der Waals surface area contributed by atoms with Crippen LogP contribution in [0.5, 0.6) is 5.75 Å². The predicted molar refractivity (Wildman–Crippen MR) is 93.5 cm³/mol. The third-order valence-corrected chi connectivity index (χ3v) is 3.94. The molecule has 0 aliphatic heterocycles. The number of nitrogens with zero attached hydrogens (tertiary/aromatic N) is 1. The van der Waals surface area contributed by atoms with Crippen LogP contribution < -0.4 is 4.74 Å². The zero-order valence-electron chi connectivity index (χ0n) is 13.7. The predicted octanol–water partition coefficient (Wildman–Crippen LogP) is 5.33. The first-order valence-electron chi connectivity index (χ1n) is 7.72. The minimum Gasteiger partial charge on any atom is -0.497 e. The maximum absolute atomic E-state index is 10.8. The number of rotatable bonds is 6. The summed E-state index contributed by atoms with van der Waals surface area (Å²) in [5, 5.41) is 10.8. The molecule has 2 aromatic rings. The van der Waals surface area contributed by atoms with Gasteiger partial charge in [0.05, 0.1) is 12.0 Å². The molecule has 23 heavy (non-hydrogen) atoms. The van der Waals surface area contributed by atoms with E-state index in [1.54, 1.807) is 19.2 Å². The SMILES string of the molecule is CC/C(=C(/CC)c1ccc([N+](=O)[O-])cc1)c1ccc(OC)cc1. The molecule has 0 aliphatic carbocycles. The van der Waals surface area contributed by atoms with Crippen molar-refractivity contribution in [1.82, 2.24) is 0 Å². The fourth-order valence-electron chi connectivity index (χ4n) is 2.76. The molecule has 0 N–H and O–H groups in total. The minimum absolute atomic E-state index is 0.117. The molecular formula is C19H21NO3. The fraction of sp³-hybridized carbons (Fsp3) is 0.263. The monoisotopic (exact) mass is 311 g/mol. The molecular weight excluding hydrogens is 290 g/mol. The van der Waals surface area contributed by atoms with Gasteiger partial charge in [0.2, 0.25) is 0 Å². The Bertz CT molecular complexity index is 700. The van der Waals surface area contributed by atoms with Crippen LogP contribution in [0.3, 0.4) is 0 Å². The van der Waals surface area contributed by atoms with Crippen molar-refractivity contribution in [3.63, 3.8) is 0 Å². The van der Waals surface area contributed by atoms with Crippen LogP contribution in [0, 0.1) is 10.1 Å². The van der Waals surface area contributed by atoms with Crippen LogP contribution in [0.2, 0.25) is 0 Å². The zero-order chi connectivity index (χ0) is 16.8. The van der Waals surface area contributed by atoms with E-state index >= 15 is 0 Å². The number of methoxy groups -OCH3 is 1. The van der Waals surface area contributed by atoms with Gasteiger partial charge >= 0.3 is 0 Å². The van der Waals surface area contributed by atoms with Crippen molar-refractivity contribution >= 4 is 16.8 Å². The molecule has 120 valence electrons. The summed E-state index contributed by atoms with van der Waals surface area (Å²) in [7, 11) is 1.65. The summed E-state index contributed by atoms with van der Waals surface area (Å²) in [5.74, 6) is 0.831. The van der Waals surface area contributed by atoms with E-state index in [1.165, 1.54) is 11.1 Å². The van der Waals surface area contributed by atoms with Crippen molar-refractivity contribution in [2.45, 2.75) is 26.7 Å². The van der Waals surface area contributed by atoms with Gasteiger partial charge in [-0.1, -0.05) is 26.0 Å². The van der Waals surface area contributed by atoms with Crippen molar-refractivity contribution in [1.29, 1.82) is 0 Å². The maximum atomic E-state index is 10.8. The average Bonchev–Trinajstić information content (AvgIpc) is 2.60. The van der Waals surface area contributed by atoms with Gasteiger partial charge in [-0.05, 0) is 59.4 Å². The van der Waals surface area contributed by atoms with Crippen LogP contribution in [0.4, 0.5) is 5.69 Å². The van der Waals surface area contributed by atoms with Crippen molar-refractivity contribution in [2.24, 2.45) is 0 Å². The average molecular weight is 311 g/mol. The number of nitro benzene ring substituents is 1. The Kier molecular flexibility index (Phi) is 5.52. The normalized spacial score (nSPS) is 11.8. The molecule has 0 amide bonds. The lowest BCUT2D eigenvalue weighted by Gasteiger charge is -2.14. The summed E-state index contributed by atoms with van der Waals surface area (Å²) >= 11 is 0. The van der Waals surface area contributed by atoms with Crippen molar-refractivity contribution in [3.05, 3.63) is 69.8 Å². The van der Waals surface area contributed by atoms with E-state index in [2.05, 4.69) is 26.0 Å². The van der Waals surface area contributed by atoms with Crippen LogP contribution in [0.15, 0.2) is 48.5 Å². The maximum Gasteiger partial charge on any atom is 0.269 e. The van der Waals surface area contributed by atoms with Crippen molar-refractivity contribution < 1.29 is 9.66 Å². The van der Waals surface area contributed by atoms with Crippen LogP contribution in [-0.2, 0) is 0 Å². The molecule has 0 saturated carbocycles. The van der Waals surface area contributed by atoms with E-state index < -0.39 is 0 Å². The molecule has 0 unspecified atom stereocenters. The Balaban J connectivity index is 2.47. The van der Waals surface area contributed by atoms with Crippen molar-refractivity contribution in [2.75, 3.05) is 7.11 Å². The van der Waals surface area contributed by atoms with Crippen LogP contribution in [-0.4, -0.2) is 12.0 Å². The Morgan fingerprint density at radius 2 is 1.35 bits per heavy atom. The number of hydrogen-bond acceptors (Lipinski definition) is 3. The third-order valence-electron chi connectivity index (χ3n) is 3.94. The van der Waals surface area contributed by atoms with Gasteiger partial charge < -0.3 is 4.74 Å². The van der Waals surface area contributed by atoms with Gasteiger partial charge in [0.25, 0.3) is 5.69 Å². The number of non-ortho nitro benzene ring substituents is 1. The Hall–Kier alpha value is -2.62. The van der Waals surface area contributed by atoms with E-state index in [0.29, 0.717) is 0 Å². The molecule has 0 saturated heterocycles. The summed E-state index contributed by atoms with van der Waals surface area (Å²) in [6, 6.07) is 14.8. The second-order valence-corrected chi connectivity index (χ2v) is 5.20. The van der Waals surface area contributed by atoms with Gasteiger partial charge in [-0.2, -0.15) is 0 Å². The lowest BCUT2D eigenvalue weighted by atomic mass is 9.91. The van der Waals surface area contributed by atoms with Crippen molar-refractivity contribution in [3.8, 4) is 5.75 Å². The highest BCUT2D eigenvalue weighted by Gasteiger charge is 2.11. The first-order valence-corrected chi connectivity index (χ1v) is 7.72. The number of hydrogen-bond donors (Lipinski definition) is 0. The first kappa shape index (κ1) is 16.7. The Morgan fingerprint density at radius 1 is 0.913 bits per heavy atom. The highest BCUT2D eigenvalue weighted by molar-refractivity contribution is 5.90. The Morgan fingerprint density at radius 3 is 1.70 bits per heavy atom. The van der Waals surface area contributed by atoms with Gasteiger partial charge in [-0.25, -0.2) is 0 Å². The molecule has 4 heteroatoms. The molecule has 0 spiro atoms. The first-order chi connectivity index (χ1) is 11.1. The van der Waals surface area contributed by atoms with E-state index in [-0.39, 0.29) is 10.6 Å². The number of nitro groups is 1. The second-order valence-electron chi connectivity index (χ2n) is 5.20. The van der Waals surface area contributed by atoms with Crippen LogP contribution in [0.25, 0.3) is 11.1 Å². The highest BCUT2D eigenvalue weighted by Crippen LogP contribution is 2.32. The van der Waals surface area contributed by atoms with Crippen LogP contribution in [0.1, 0.15) is 37.8 Å². The third kappa shape index (κ3) is 3.77. The lowest BCUT2D eigenvalue weighted by molar-refractivity contribution is -0.384. The van der Waals surface area contributed by atoms with Gasteiger partial charge in [0.1, 0.15) is 5.75 Å². The minimum atomic E-state index is -0.372. The van der Waals surface area contributed by atoms with Gasteiger partial charge in [-0.3, -0.25) is 10.1 Å². The standard InChI is InChI=1S/C19H21NO3/c1-4-18(14-6-10-16(11-7-14)20(21)22)19(5-2)15-8-12-17(23-3)13-9-15/h6-13H,4-5H2,1-3H3/b19-18+. The van der Waals surface area contributed by atoms with Gasteiger partial charge in [0, 0.05) is 12.1 Å². The smallest absolute Gasteiger partial charge is 0.269 e. The van der Waals surface area contributed by atoms with Crippen LogP contribution >= 0.6 is 0 Å². The molecule has 0 heterocycles. The molecule has 0 aliphatic rings. The van der Waals surface area contributed by atoms with E-state index in [9.17, 15) is 10.1 Å².